The Kier molecular flexibility index (Phi) is 2.73. The zero-order valence-corrected chi connectivity index (χ0v) is 8.51. The summed E-state index contributed by atoms with van der Waals surface area (Å²) in [4.78, 5) is 3.21. The van der Waals surface area contributed by atoms with Crippen molar-refractivity contribution >= 4 is 16.6 Å². The highest BCUT2D eigenvalue weighted by atomic mass is 14.9. The first-order valence-electron chi connectivity index (χ1n) is 5.21. The van der Waals surface area contributed by atoms with Gasteiger partial charge in [-0.3, -0.25) is 0 Å². The first-order valence-corrected chi connectivity index (χ1v) is 5.21. The Morgan fingerprint density at radius 2 is 2.21 bits per heavy atom. The Balaban J connectivity index is 2.10. The lowest BCUT2D eigenvalue weighted by molar-refractivity contribution is 0.834. The minimum absolute atomic E-state index is 1.06. The summed E-state index contributed by atoms with van der Waals surface area (Å²) in [5, 5.41) is 4.68. The van der Waals surface area contributed by atoms with E-state index in [9.17, 15) is 0 Å². The van der Waals surface area contributed by atoms with Gasteiger partial charge < -0.3 is 10.3 Å². The molecule has 0 aliphatic rings. The van der Waals surface area contributed by atoms with E-state index >= 15 is 0 Å². The van der Waals surface area contributed by atoms with Gasteiger partial charge in [0.05, 0.1) is 0 Å². The molecule has 0 fully saturated rings. The summed E-state index contributed by atoms with van der Waals surface area (Å²) < 4.78 is 0. The molecule has 0 amide bonds. The number of aromatic amines is 1. The topological polar surface area (TPSA) is 27.8 Å². The zero-order valence-electron chi connectivity index (χ0n) is 8.51. The summed E-state index contributed by atoms with van der Waals surface area (Å²) in [7, 11) is 0. The number of anilines is 1. The van der Waals surface area contributed by atoms with Gasteiger partial charge in [0.25, 0.3) is 0 Å². The maximum absolute atomic E-state index is 3.41. The maximum Gasteiger partial charge on any atom is 0.0474 e. The third-order valence-corrected chi connectivity index (χ3v) is 2.41. The number of benzene rings is 1. The molecule has 0 atom stereocenters. The molecule has 0 unspecified atom stereocenters. The van der Waals surface area contributed by atoms with Crippen molar-refractivity contribution in [1.29, 1.82) is 0 Å². The van der Waals surface area contributed by atoms with Crippen LogP contribution in [0.4, 0.5) is 5.69 Å². The van der Waals surface area contributed by atoms with Crippen LogP contribution >= 0.6 is 0 Å². The average molecular weight is 188 g/mol. The van der Waals surface area contributed by atoms with Gasteiger partial charge in [0.15, 0.2) is 0 Å². The number of hydrogen-bond acceptors (Lipinski definition) is 1. The Labute approximate surface area is 84.3 Å². The molecule has 0 aliphatic carbocycles. The molecule has 2 heteroatoms. The normalized spacial score (nSPS) is 10.6. The third-order valence-electron chi connectivity index (χ3n) is 2.41. The quantitative estimate of drug-likeness (QED) is 0.707. The van der Waals surface area contributed by atoms with Crippen molar-refractivity contribution in [3.63, 3.8) is 0 Å². The molecule has 1 aromatic heterocycles. The molecule has 0 spiro atoms. The molecule has 1 aromatic carbocycles. The van der Waals surface area contributed by atoms with E-state index in [1.165, 1.54) is 29.4 Å². The van der Waals surface area contributed by atoms with E-state index in [1.807, 2.05) is 6.20 Å². The number of nitrogens with one attached hydrogen (secondary N) is 2. The van der Waals surface area contributed by atoms with E-state index in [-0.39, 0.29) is 0 Å². The Morgan fingerprint density at radius 3 is 3.07 bits per heavy atom. The number of H-pyrrole nitrogens is 1. The first kappa shape index (κ1) is 9.13. The monoisotopic (exact) mass is 188 g/mol. The van der Waals surface area contributed by atoms with Gasteiger partial charge in [-0.2, -0.15) is 0 Å². The van der Waals surface area contributed by atoms with Crippen LogP contribution in [0.5, 0.6) is 0 Å². The summed E-state index contributed by atoms with van der Waals surface area (Å²) >= 11 is 0. The van der Waals surface area contributed by atoms with Gasteiger partial charge >= 0.3 is 0 Å². The first-order chi connectivity index (χ1) is 6.90. The van der Waals surface area contributed by atoms with E-state index < -0.39 is 0 Å². The van der Waals surface area contributed by atoms with E-state index in [4.69, 9.17) is 0 Å². The van der Waals surface area contributed by atoms with Crippen LogP contribution in [0.2, 0.25) is 0 Å². The standard InChI is InChI=1S/C12H16N2/c1-2-3-7-13-11-5-4-10-6-8-14-12(10)9-11/h4-6,8-9,13-14H,2-3,7H2,1H3. The predicted molar refractivity (Wildman–Crippen MR) is 61.7 cm³/mol. The van der Waals surface area contributed by atoms with Crippen LogP contribution in [-0.4, -0.2) is 11.5 Å². The average Bonchev–Trinajstić information content (AvgIpc) is 2.65. The lowest BCUT2D eigenvalue weighted by atomic mass is 10.2. The number of rotatable bonds is 4. The number of hydrogen-bond donors (Lipinski definition) is 2. The summed E-state index contributed by atoms with van der Waals surface area (Å²) in [6.07, 6.45) is 4.43. The van der Waals surface area contributed by atoms with Gasteiger partial charge in [0.2, 0.25) is 0 Å². The van der Waals surface area contributed by atoms with Crippen LogP contribution in [0, 0.1) is 0 Å². The summed E-state index contributed by atoms with van der Waals surface area (Å²) in [6.45, 7) is 3.26. The van der Waals surface area contributed by atoms with Crippen LogP contribution < -0.4 is 5.32 Å². The van der Waals surface area contributed by atoms with Crippen molar-refractivity contribution in [2.24, 2.45) is 0 Å². The fourth-order valence-electron chi connectivity index (χ4n) is 1.57. The fraction of sp³-hybridized carbons (Fsp3) is 0.333. The van der Waals surface area contributed by atoms with Gasteiger partial charge in [-0.25, -0.2) is 0 Å². The molecule has 2 nitrogen and oxygen atoms in total. The van der Waals surface area contributed by atoms with E-state index in [1.54, 1.807) is 0 Å². The van der Waals surface area contributed by atoms with Crippen LogP contribution in [0.15, 0.2) is 30.5 Å². The molecular weight excluding hydrogens is 172 g/mol. The highest BCUT2D eigenvalue weighted by Gasteiger charge is 1.95. The molecule has 2 aromatic rings. The van der Waals surface area contributed by atoms with Gasteiger partial charge in [0.1, 0.15) is 0 Å². The highest BCUT2D eigenvalue weighted by molar-refractivity contribution is 5.82. The van der Waals surface area contributed by atoms with Crippen LogP contribution in [0.25, 0.3) is 10.9 Å². The van der Waals surface area contributed by atoms with E-state index in [2.05, 4.69) is 41.5 Å². The molecule has 0 aliphatic heterocycles. The summed E-state index contributed by atoms with van der Waals surface area (Å²) in [5.74, 6) is 0. The van der Waals surface area contributed by atoms with Crippen LogP contribution in [-0.2, 0) is 0 Å². The predicted octanol–water partition coefficient (Wildman–Crippen LogP) is 3.38. The minimum atomic E-state index is 1.06. The van der Waals surface area contributed by atoms with Crippen molar-refractivity contribution in [1.82, 2.24) is 4.98 Å². The molecule has 1 heterocycles. The molecule has 74 valence electrons. The molecule has 2 rings (SSSR count). The summed E-state index contributed by atoms with van der Waals surface area (Å²) in [6, 6.07) is 8.52. The smallest absolute Gasteiger partial charge is 0.0474 e. The van der Waals surface area contributed by atoms with Crippen LogP contribution in [0.3, 0.4) is 0 Å². The van der Waals surface area contributed by atoms with Gasteiger partial charge in [-0.1, -0.05) is 19.4 Å². The SMILES string of the molecule is CCCCNc1ccc2cc[nH]c2c1. The van der Waals surface area contributed by atoms with Gasteiger partial charge in [-0.05, 0) is 30.0 Å². The number of aromatic nitrogens is 1. The van der Waals surface area contributed by atoms with Crippen molar-refractivity contribution in [2.75, 3.05) is 11.9 Å². The molecule has 0 saturated carbocycles. The zero-order chi connectivity index (χ0) is 9.80. The lowest BCUT2D eigenvalue weighted by Crippen LogP contribution is -2.00. The Hall–Kier alpha value is -1.44. The van der Waals surface area contributed by atoms with Crippen molar-refractivity contribution < 1.29 is 0 Å². The molecule has 0 saturated heterocycles. The van der Waals surface area contributed by atoms with Crippen LogP contribution in [0.1, 0.15) is 19.8 Å². The molecule has 0 radical (unpaired) electrons. The van der Waals surface area contributed by atoms with Crippen molar-refractivity contribution in [3.8, 4) is 0 Å². The highest BCUT2D eigenvalue weighted by Crippen LogP contribution is 2.17. The molecule has 2 N–H and O–H groups in total. The second-order valence-corrected chi connectivity index (χ2v) is 3.56. The largest absolute Gasteiger partial charge is 0.385 e. The Bertz CT molecular complexity index is 403. The second kappa shape index (κ2) is 4.18. The maximum atomic E-state index is 3.41. The second-order valence-electron chi connectivity index (χ2n) is 3.56. The summed E-state index contributed by atoms with van der Waals surface area (Å²) in [5.41, 5.74) is 2.40. The Morgan fingerprint density at radius 1 is 1.29 bits per heavy atom. The van der Waals surface area contributed by atoms with Crippen molar-refractivity contribution in [2.45, 2.75) is 19.8 Å². The molecule has 14 heavy (non-hydrogen) atoms. The van der Waals surface area contributed by atoms with E-state index in [0.717, 1.165) is 6.54 Å². The van der Waals surface area contributed by atoms with E-state index in [0.29, 0.717) is 0 Å². The lowest BCUT2D eigenvalue weighted by Gasteiger charge is -2.04. The third kappa shape index (κ3) is 1.90. The molecular formula is C12H16N2. The van der Waals surface area contributed by atoms with Gasteiger partial charge in [0, 0.05) is 23.9 Å². The van der Waals surface area contributed by atoms with Crippen molar-refractivity contribution in [3.05, 3.63) is 30.5 Å². The number of fused-ring (bicyclic) bond motifs is 1. The van der Waals surface area contributed by atoms with Gasteiger partial charge in [-0.15, -0.1) is 0 Å². The molecule has 0 bridgehead atoms. The minimum Gasteiger partial charge on any atom is -0.385 e. The fourth-order valence-corrected chi connectivity index (χ4v) is 1.57. The number of unbranched alkanes of at least 4 members (excludes halogenated alkanes) is 1.